The number of nitrogens with zero attached hydrogens (tertiary/aromatic N) is 2. The van der Waals surface area contributed by atoms with E-state index in [1.54, 1.807) is 17.9 Å². The van der Waals surface area contributed by atoms with Gasteiger partial charge in [0, 0.05) is 18.7 Å². The van der Waals surface area contributed by atoms with Gasteiger partial charge in [-0.05, 0) is 25.0 Å². The lowest BCUT2D eigenvalue weighted by Gasteiger charge is -2.37. The first-order valence-electron chi connectivity index (χ1n) is 7.17. The number of hydrogen-bond donors (Lipinski definition) is 1. The number of hydrogen-bond acceptors (Lipinski definition) is 4. The number of carbonyl (C=O) groups is 1. The first-order chi connectivity index (χ1) is 10.1. The predicted molar refractivity (Wildman–Crippen MR) is 81.6 cm³/mol. The first-order valence-corrected chi connectivity index (χ1v) is 7.17. The topological polar surface area (TPSA) is 58.4 Å². The van der Waals surface area contributed by atoms with Crippen LogP contribution in [0.25, 0.3) is 0 Å². The van der Waals surface area contributed by atoms with Gasteiger partial charge in [0.2, 0.25) is 0 Å². The van der Waals surface area contributed by atoms with Gasteiger partial charge in [0.1, 0.15) is 5.76 Å². The molecule has 0 spiro atoms. The first kappa shape index (κ1) is 13.7. The lowest BCUT2D eigenvalue weighted by atomic mass is 9.99. The second-order valence-electron chi connectivity index (χ2n) is 5.75. The second kappa shape index (κ2) is 5.24. The van der Waals surface area contributed by atoms with Crippen molar-refractivity contribution in [1.29, 1.82) is 0 Å². The summed E-state index contributed by atoms with van der Waals surface area (Å²) < 4.78 is 5.03. The summed E-state index contributed by atoms with van der Waals surface area (Å²) in [5.74, 6) is 0.946. The molecule has 1 atom stereocenters. The van der Waals surface area contributed by atoms with Gasteiger partial charge in [0.15, 0.2) is 5.69 Å². The van der Waals surface area contributed by atoms with E-state index in [0.717, 1.165) is 11.4 Å². The SMILES string of the molecule is Cc1cc(C(=O)N2CC(C(C)C)Nc3ccccc32)no1. The van der Waals surface area contributed by atoms with Crippen molar-refractivity contribution in [2.45, 2.75) is 26.8 Å². The van der Waals surface area contributed by atoms with Crippen molar-refractivity contribution < 1.29 is 9.32 Å². The molecular formula is C16H19N3O2. The number of amides is 1. The minimum atomic E-state index is -0.119. The molecule has 1 unspecified atom stereocenters. The van der Waals surface area contributed by atoms with Crippen LogP contribution >= 0.6 is 0 Å². The van der Waals surface area contributed by atoms with Gasteiger partial charge in [0.25, 0.3) is 5.91 Å². The molecule has 110 valence electrons. The van der Waals surface area contributed by atoms with Crippen LogP contribution in [-0.2, 0) is 0 Å². The number of nitrogens with one attached hydrogen (secondary N) is 1. The Hall–Kier alpha value is -2.30. The Morgan fingerprint density at radius 1 is 1.43 bits per heavy atom. The Bertz CT molecular complexity index is 663. The van der Waals surface area contributed by atoms with E-state index in [0.29, 0.717) is 23.9 Å². The summed E-state index contributed by atoms with van der Waals surface area (Å²) >= 11 is 0. The standard InChI is InChI=1S/C16H19N3O2/c1-10(2)14-9-19(15-7-5-4-6-12(15)17-14)16(20)13-8-11(3)21-18-13/h4-8,10,14,17H,9H2,1-3H3. The van der Waals surface area contributed by atoms with Crippen molar-refractivity contribution >= 4 is 17.3 Å². The molecule has 2 heterocycles. The Morgan fingerprint density at radius 2 is 2.19 bits per heavy atom. The monoisotopic (exact) mass is 285 g/mol. The lowest BCUT2D eigenvalue weighted by molar-refractivity contribution is 0.0975. The van der Waals surface area contributed by atoms with Crippen LogP contribution in [0.1, 0.15) is 30.1 Å². The van der Waals surface area contributed by atoms with Gasteiger partial charge in [-0.1, -0.05) is 31.1 Å². The third-order valence-corrected chi connectivity index (χ3v) is 3.81. The number of aryl methyl sites for hydroxylation is 1. The third kappa shape index (κ3) is 2.51. The molecule has 0 bridgehead atoms. The highest BCUT2D eigenvalue weighted by Gasteiger charge is 2.31. The average molecular weight is 285 g/mol. The lowest BCUT2D eigenvalue weighted by Crippen LogP contribution is -2.47. The number of carbonyl (C=O) groups excluding carboxylic acids is 1. The van der Waals surface area contributed by atoms with Gasteiger partial charge in [-0.2, -0.15) is 0 Å². The molecule has 5 nitrogen and oxygen atoms in total. The van der Waals surface area contributed by atoms with Crippen molar-refractivity contribution in [1.82, 2.24) is 5.16 Å². The van der Waals surface area contributed by atoms with Gasteiger partial charge in [0.05, 0.1) is 11.4 Å². The Labute approximate surface area is 123 Å². The van der Waals surface area contributed by atoms with Crippen LogP contribution in [0.3, 0.4) is 0 Å². The van der Waals surface area contributed by atoms with Crippen LogP contribution < -0.4 is 10.2 Å². The number of para-hydroxylation sites is 2. The highest BCUT2D eigenvalue weighted by Crippen LogP contribution is 2.33. The van der Waals surface area contributed by atoms with Gasteiger partial charge in [-0.3, -0.25) is 4.79 Å². The number of rotatable bonds is 2. The minimum Gasteiger partial charge on any atom is -0.379 e. The Morgan fingerprint density at radius 3 is 2.86 bits per heavy atom. The van der Waals surface area contributed by atoms with E-state index in [1.807, 2.05) is 24.3 Å². The fourth-order valence-corrected chi connectivity index (χ4v) is 2.55. The van der Waals surface area contributed by atoms with E-state index >= 15 is 0 Å². The molecule has 1 N–H and O–H groups in total. The molecule has 0 saturated carbocycles. The van der Waals surface area contributed by atoms with Crippen LogP contribution in [-0.4, -0.2) is 23.7 Å². The molecule has 1 aromatic heterocycles. The summed E-state index contributed by atoms with van der Waals surface area (Å²) in [5.41, 5.74) is 2.22. The summed E-state index contributed by atoms with van der Waals surface area (Å²) in [7, 11) is 0. The molecule has 0 aliphatic carbocycles. The summed E-state index contributed by atoms with van der Waals surface area (Å²) in [6.07, 6.45) is 0. The van der Waals surface area contributed by atoms with Crippen molar-refractivity contribution in [2.75, 3.05) is 16.8 Å². The van der Waals surface area contributed by atoms with Crippen molar-refractivity contribution in [2.24, 2.45) is 5.92 Å². The van der Waals surface area contributed by atoms with E-state index in [9.17, 15) is 4.79 Å². The third-order valence-electron chi connectivity index (χ3n) is 3.81. The largest absolute Gasteiger partial charge is 0.379 e. The zero-order valence-corrected chi connectivity index (χ0v) is 12.5. The molecule has 0 saturated heterocycles. The van der Waals surface area contributed by atoms with Gasteiger partial charge < -0.3 is 14.7 Å². The maximum absolute atomic E-state index is 12.7. The van der Waals surface area contributed by atoms with Crippen LogP contribution in [0.5, 0.6) is 0 Å². The number of aromatic nitrogens is 1. The van der Waals surface area contributed by atoms with Crippen LogP contribution in [0, 0.1) is 12.8 Å². The molecule has 1 aliphatic rings. The fraction of sp³-hybridized carbons (Fsp3) is 0.375. The minimum absolute atomic E-state index is 0.119. The molecule has 5 heteroatoms. The molecule has 1 aliphatic heterocycles. The van der Waals surface area contributed by atoms with E-state index in [2.05, 4.69) is 24.3 Å². The quantitative estimate of drug-likeness (QED) is 0.921. The fourth-order valence-electron chi connectivity index (χ4n) is 2.55. The summed E-state index contributed by atoms with van der Waals surface area (Å²) in [4.78, 5) is 14.5. The van der Waals surface area contributed by atoms with Crippen LogP contribution in [0.2, 0.25) is 0 Å². The molecule has 3 rings (SSSR count). The smallest absolute Gasteiger partial charge is 0.280 e. The molecule has 21 heavy (non-hydrogen) atoms. The van der Waals surface area contributed by atoms with Crippen LogP contribution in [0.4, 0.5) is 11.4 Å². The van der Waals surface area contributed by atoms with Crippen molar-refractivity contribution in [3.63, 3.8) is 0 Å². The van der Waals surface area contributed by atoms with E-state index in [1.165, 1.54) is 0 Å². The number of anilines is 2. The number of fused-ring (bicyclic) bond motifs is 1. The second-order valence-corrected chi connectivity index (χ2v) is 5.75. The molecule has 1 aromatic carbocycles. The molecular weight excluding hydrogens is 266 g/mol. The highest BCUT2D eigenvalue weighted by molar-refractivity contribution is 6.07. The maximum Gasteiger partial charge on any atom is 0.280 e. The zero-order valence-electron chi connectivity index (χ0n) is 12.5. The maximum atomic E-state index is 12.7. The van der Waals surface area contributed by atoms with Gasteiger partial charge >= 0.3 is 0 Å². The van der Waals surface area contributed by atoms with E-state index in [4.69, 9.17) is 4.52 Å². The molecule has 1 amide bonds. The normalized spacial score (nSPS) is 17.5. The van der Waals surface area contributed by atoms with E-state index < -0.39 is 0 Å². The van der Waals surface area contributed by atoms with Gasteiger partial charge in [-0.15, -0.1) is 0 Å². The Kier molecular flexibility index (Phi) is 3.41. The number of benzene rings is 1. The van der Waals surface area contributed by atoms with Crippen molar-refractivity contribution in [3.05, 3.63) is 41.8 Å². The van der Waals surface area contributed by atoms with E-state index in [-0.39, 0.29) is 11.9 Å². The van der Waals surface area contributed by atoms with Gasteiger partial charge in [-0.25, -0.2) is 0 Å². The zero-order chi connectivity index (χ0) is 15.0. The van der Waals surface area contributed by atoms with Crippen LogP contribution in [0.15, 0.2) is 34.9 Å². The summed E-state index contributed by atoms with van der Waals surface area (Å²) in [6, 6.07) is 9.75. The Balaban J connectivity index is 1.98. The molecule has 0 fully saturated rings. The molecule has 2 aromatic rings. The predicted octanol–water partition coefficient (Wildman–Crippen LogP) is 3.08. The summed E-state index contributed by atoms with van der Waals surface area (Å²) in [6.45, 7) is 6.70. The highest BCUT2D eigenvalue weighted by atomic mass is 16.5. The average Bonchev–Trinajstić information content (AvgIpc) is 2.92. The van der Waals surface area contributed by atoms with Crippen molar-refractivity contribution in [3.8, 4) is 0 Å². The molecule has 0 radical (unpaired) electrons. The summed E-state index contributed by atoms with van der Waals surface area (Å²) in [5, 5.41) is 7.35.